The molecule has 1 amide bonds. The van der Waals surface area contributed by atoms with E-state index >= 15 is 0 Å². The molecule has 3 rings (SSSR count). The summed E-state index contributed by atoms with van der Waals surface area (Å²) in [6.45, 7) is 0. The van der Waals surface area contributed by atoms with E-state index < -0.39 is 11.2 Å². The summed E-state index contributed by atoms with van der Waals surface area (Å²) in [5.41, 5.74) is 3.28. The second-order valence-electron chi connectivity index (χ2n) is 5.16. The van der Waals surface area contributed by atoms with Gasteiger partial charge in [0.15, 0.2) is 5.17 Å². The number of amides is 1. The number of nitrogens with one attached hydrogen (secondary N) is 1. The first-order chi connectivity index (χ1) is 10.6. The van der Waals surface area contributed by atoms with E-state index in [1.807, 2.05) is 18.2 Å². The molecule has 0 saturated carbocycles. The second-order valence-corrected chi connectivity index (χ2v) is 6.35. The van der Waals surface area contributed by atoms with Crippen LogP contribution in [0.3, 0.4) is 0 Å². The van der Waals surface area contributed by atoms with Crippen molar-refractivity contribution < 1.29 is 14.7 Å². The summed E-state index contributed by atoms with van der Waals surface area (Å²) in [5, 5.41) is 19.4. The van der Waals surface area contributed by atoms with E-state index in [1.165, 1.54) is 5.56 Å². The van der Waals surface area contributed by atoms with Crippen LogP contribution in [0.4, 0.5) is 0 Å². The van der Waals surface area contributed by atoms with Gasteiger partial charge in [-0.1, -0.05) is 36.0 Å². The fourth-order valence-electron chi connectivity index (χ4n) is 2.56. The smallest absolute Gasteiger partial charge is 0.305 e. The number of thioether (sulfide) groups is 1. The molecule has 2 N–H and O–H groups in total. The first-order valence-electron chi connectivity index (χ1n) is 7.05. The van der Waals surface area contributed by atoms with Crippen LogP contribution in [-0.4, -0.2) is 33.1 Å². The Morgan fingerprint density at radius 2 is 2.14 bits per heavy atom. The van der Waals surface area contributed by atoms with Crippen LogP contribution in [0.1, 0.15) is 30.4 Å². The fraction of sp³-hybridized carbons (Fsp3) is 0.333. The van der Waals surface area contributed by atoms with Gasteiger partial charge in [-0.3, -0.25) is 9.59 Å². The van der Waals surface area contributed by atoms with Gasteiger partial charge in [0.25, 0.3) is 0 Å². The lowest BCUT2D eigenvalue weighted by molar-refractivity contribution is -0.138. The van der Waals surface area contributed by atoms with Crippen LogP contribution >= 0.6 is 11.8 Å². The lowest BCUT2D eigenvalue weighted by Crippen LogP contribution is -2.26. The molecule has 1 heterocycles. The Balaban J connectivity index is 1.77. The van der Waals surface area contributed by atoms with E-state index in [0.717, 1.165) is 42.3 Å². The molecule has 0 aromatic heterocycles. The highest BCUT2D eigenvalue weighted by molar-refractivity contribution is 8.15. The largest absolute Gasteiger partial charge is 0.481 e. The maximum atomic E-state index is 11.6. The molecule has 1 atom stereocenters. The number of hydrogen-bond acceptors (Lipinski definition) is 5. The molecule has 1 aliphatic heterocycles. The zero-order valence-corrected chi connectivity index (χ0v) is 12.6. The lowest BCUT2D eigenvalue weighted by Gasteiger charge is -2.16. The average molecular weight is 317 g/mol. The SMILES string of the molecule is O=C(O)C[C@@H]1S/C(=N\N=C2\CCCc3ccccc32)NC1=O. The van der Waals surface area contributed by atoms with Crippen molar-refractivity contribution in [2.45, 2.75) is 30.9 Å². The van der Waals surface area contributed by atoms with Crippen molar-refractivity contribution in [2.75, 3.05) is 0 Å². The molecular formula is C15H15N3O3S. The monoisotopic (exact) mass is 317 g/mol. The van der Waals surface area contributed by atoms with Gasteiger partial charge in [-0.25, -0.2) is 0 Å². The Kier molecular flexibility index (Phi) is 4.24. The maximum absolute atomic E-state index is 11.6. The number of carbonyl (C=O) groups excluding carboxylic acids is 1. The number of fused-ring (bicyclic) bond motifs is 1. The van der Waals surface area contributed by atoms with Crippen LogP contribution < -0.4 is 5.32 Å². The summed E-state index contributed by atoms with van der Waals surface area (Å²) in [5.74, 6) is -1.32. The number of benzene rings is 1. The van der Waals surface area contributed by atoms with Gasteiger partial charge in [0.1, 0.15) is 5.25 Å². The molecule has 1 aromatic rings. The molecule has 0 unspecified atom stereocenters. The van der Waals surface area contributed by atoms with Crippen molar-refractivity contribution >= 4 is 34.5 Å². The summed E-state index contributed by atoms with van der Waals surface area (Å²) in [6, 6.07) is 8.10. The zero-order chi connectivity index (χ0) is 15.5. The third-order valence-corrected chi connectivity index (χ3v) is 4.66. The summed E-state index contributed by atoms with van der Waals surface area (Å²) in [4.78, 5) is 22.3. The first-order valence-corrected chi connectivity index (χ1v) is 7.93. The molecular weight excluding hydrogens is 302 g/mol. The van der Waals surface area contributed by atoms with Crippen LogP contribution in [-0.2, 0) is 16.0 Å². The number of aryl methyl sites for hydroxylation is 1. The second kappa shape index (κ2) is 6.31. The van der Waals surface area contributed by atoms with E-state index in [9.17, 15) is 9.59 Å². The standard InChI is InChI=1S/C15H15N3O3S/c19-13(20)8-12-14(21)16-15(22-12)18-17-11-7-3-5-9-4-1-2-6-10(9)11/h1-2,4,6,12H,3,5,7-8H2,(H,19,20)(H,16,18,21)/b17-11-/t12-/m0/s1. The highest BCUT2D eigenvalue weighted by Crippen LogP contribution is 2.24. The van der Waals surface area contributed by atoms with E-state index in [0.29, 0.717) is 5.17 Å². The number of carboxylic acids is 1. The predicted molar refractivity (Wildman–Crippen MR) is 85.1 cm³/mol. The van der Waals surface area contributed by atoms with E-state index in [4.69, 9.17) is 5.11 Å². The minimum absolute atomic E-state index is 0.213. The molecule has 1 aliphatic carbocycles. The van der Waals surface area contributed by atoms with Crippen LogP contribution in [0.5, 0.6) is 0 Å². The van der Waals surface area contributed by atoms with Crippen molar-refractivity contribution in [3.63, 3.8) is 0 Å². The number of carboxylic acid groups (broad SMARTS) is 1. The van der Waals surface area contributed by atoms with Crippen molar-refractivity contribution in [3.8, 4) is 0 Å². The van der Waals surface area contributed by atoms with Gasteiger partial charge in [-0.05, 0) is 24.8 Å². The van der Waals surface area contributed by atoms with Crippen molar-refractivity contribution in [3.05, 3.63) is 35.4 Å². The van der Waals surface area contributed by atoms with Gasteiger partial charge >= 0.3 is 5.97 Å². The Morgan fingerprint density at radius 1 is 1.32 bits per heavy atom. The molecule has 2 aliphatic rings. The molecule has 22 heavy (non-hydrogen) atoms. The highest BCUT2D eigenvalue weighted by Gasteiger charge is 2.32. The molecule has 0 spiro atoms. The first kappa shape index (κ1) is 14.8. The summed E-state index contributed by atoms with van der Waals surface area (Å²) < 4.78 is 0. The van der Waals surface area contributed by atoms with Gasteiger partial charge in [0.05, 0.1) is 12.1 Å². The van der Waals surface area contributed by atoms with Crippen molar-refractivity contribution in [1.29, 1.82) is 0 Å². The third-order valence-electron chi connectivity index (χ3n) is 3.59. The Hall–Kier alpha value is -2.15. The van der Waals surface area contributed by atoms with Crippen LogP contribution in [0.15, 0.2) is 34.5 Å². The summed E-state index contributed by atoms with van der Waals surface area (Å²) >= 11 is 1.12. The number of aliphatic carboxylic acids is 1. The normalized spacial score (nSPS) is 24.4. The molecule has 6 nitrogen and oxygen atoms in total. The average Bonchev–Trinajstić information content (AvgIpc) is 2.84. The maximum Gasteiger partial charge on any atom is 0.305 e. The lowest BCUT2D eigenvalue weighted by atomic mass is 9.90. The van der Waals surface area contributed by atoms with E-state index in [1.54, 1.807) is 0 Å². The topological polar surface area (TPSA) is 91.1 Å². The summed E-state index contributed by atoms with van der Waals surface area (Å²) in [6.07, 6.45) is 2.71. The number of hydrogen-bond donors (Lipinski definition) is 2. The number of carbonyl (C=O) groups is 2. The van der Waals surface area contributed by atoms with Crippen molar-refractivity contribution in [1.82, 2.24) is 5.32 Å². The minimum Gasteiger partial charge on any atom is -0.481 e. The molecule has 114 valence electrons. The number of nitrogens with zero attached hydrogens (tertiary/aromatic N) is 2. The van der Waals surface area contributed by atoms with Gasteiger partial charge in [-0.15, -0.1) is 5.10 Å². The highest BCUT2D eigenvalue weighted by atomic mass is 32.2. The van der Waals surface area contributed by atoms with Gasteiger partial charge in [-0.2, -0.15) is 5.10 Å². The third kappa shape index (κ3) is 3.19. The van der Waals surface area contributed by atoms with Crippen LogP contribution in [0.25, 0.3) is 0 Å². The Labute approximate surface area is 131 Å². The molecule has 1 saturated heterocycles. The van der Waals surface area contributed by atoms with E-state index in [-0.39, 0.29) is 12.3 Å². The quantitative estimate of drug-likeness (QED) is 0.832. The van der Waals surface area contributed by atoms with Crippen LogP contribution in [0.2, 0.25) is 0 Å². The molecule has 1 fully saturated rings. The van der Waals surface area contributed by atoms with Crippen molar-refractivity contribution in [2.24, 2.45) is 10.2 Å². The van der Waals surface area contributed by atoms with E-state index in [2.05, 4.69) is 21.6 Å². The molecule has 0 radical (unpaired) electrons. The Morgan fingerprint density at radius 3 is 2.95 bits per heavy atom. The molecule has 0 bridgehead atoms. The van der Waals surface area contributed by atoms with Gasteiger partial charge < -0.3 is 10.4 Å². The molecule has 1 aromatic carbocycles. The van der Waals surface area contributed by atoms with Gasteiger partial charge in [0, 0.05) is 5.56 Å². The predicted octanol–water partition coefficient (Wildman–Crippen LogP) is 1.79. The van der Waals surface area contributed by atoms with Gasteiger partial charge in [0.2, 0.25) is 5.91 Å². The Bertz CT molecular complexity index is 684. The fourth-order valence-corrected chi connectivity index (χ4v) is 3.46. The molecule has 7 heteroatoms. The number of amidine groups is 1. The number of rotatable bonds is 3. The minimum atomic E-state index is -0.999. The van der Waals surface area contributed by atoms with Crippen LogP contribution in [0, 0.1) is 0 Å². The zero-order valence-electron chi connectivity index (χ0n) is 11.8. The summed E-state index contributed by atoms with van der Waals surface area (Å²) in [7, 11) is 0.